The van der Waals surface area contributed by atoms with Crippen LogP contribution in [0.1, 0.15) is 27.3 Å². The van der Waals surface area contributed by atoms with Gasteiger partial charge in [0.25, 0.3) is 0 Å². The number of hydrogen-bond donors (Lipinski definition) is 1. The van der Waals surface area contributed by atoms with Gasteiger partial charge in [0.2, 0.25) is 0 Å². The summed E-state index contributed by atoms with van der Waals surface area (Å²) in [7, 11) is -1.23. The molecule has 1 aromatic carbocycles. The molecular formula is C15H15NO3S. The molecule has 5 heteroatoms. The highest BCUT2D eigenvalue weighted by Gasteiger charge is 2.10. The van der Waals surface area contributed by atoms with E-state index >= 15 is 0 Å². The van der Waals surface area contributed by atoms with Crippen LogP contribution in [-0.4, -0.2) is 20.3 Å². The molecule has 0 radical (unpaired) electrons. The zero-order chi connectivity index (χ0) is 14.7. The van der Waals surface area contributed by atoms with Crippen LogP contribution in [0.4, 0.5) is 0 Å². The van der Waals surface area contributed by atoms with E-state index in [1.165, 1.54) is 6.07 Å². The molecule has 4 nitrogen and oxygen atoms in total. The lowest BCUT2D eigenvalue weighted by atomic mass is 10.1. The van der Waals surface area contributed by atoms with Crippen molar-refractivity contribution in [2.45, 2.75) is 24.5 Å². The Morgan fingerprint density at radius 1 is 1.20 bits per heavy atom. The number of hydrogen-bond acceptors (Lipinski definition) is 3. The lowest BCUT2D eigenvalue weighted by Crippen LogP contribution is -2.05. The van der Waals surface area contributed by atoms with Crippen LogP contribution < -0.4 is 0 Å². The van der Waals surface area contributed by atoms with Crippen LogP contribution in [-0.2, 0) is 16.6 Å². The van der Waals surface area contributed by atoms with Gasteiger partial charge < -0.3 is 5.11 Å². The topological polar surface area (TPSA) is 67.3 Å². The molecule has 1 unspecified atom stereocenters. The molecule has 0 bridgehead atoms. The minimum absolute atomic E-state index is 0.0282. The van der Waals surface area contributed by atoms with Crippen LogP contribution in [0.2, 0.25) is 0 Å². The molecule has 0 spiro atoms. The number of aromatic carboxylic acids is 1. The molecular weight excluding hydrogens is 274 g/mol. The number of pyridine rings is 1. The minimum Gasteiger partial charge on any atom is -0.477 e. The summed E-state index contributed by atoms with van der Waals surface area (Å²) in [6.45, 7) is 3.97. The SMILES string of the molecule is Cc1ccc(S(=O)Cc2cccc(C(=O)O)n2)cc1C. The molecule has 104 valence electrons. The lowest BCUT2D eigenvalue weighted by molar-refractivity contribution is 0.0690. The summed E-state index contributed by atoms with van der Waals surface area (Å²) in [4.78, 5) is 15.6. The summed E-state index contributed by atoms with van der Waals surface area (Å²) in [5, 5.41) is 8.89. The van der Waals surface area contributed by atoms with E-state index in [0.717, 1.165) is 16.0 Å². The zero-order valence-corrected chi connectivity index (χ0v) is 12.1. The fourth-order valence-corrected chi connectivity index (χ4v) is 2.88. The number of nitrogens with zero attached hydrogens (tertiary/aromatic N) is 1. The third-order valence-corrected chi connectivity index (χ3v) is 4.38. The molecule has 1 heterocycles. The molecule has 0 aliphatic rings. The van der Waals surface area contributed by atoms with E-state index in [1.54, 1.807) is 12.1 Å². The van der Waals surface area contributed by atoms with Crippen molar-refractivity contribution in [1.29, 1.82) is 0 Å². The van der Waals surface area contributed by atoms with Crippen molar-refractivity contribution in [3.05, 3.63) is 58.9 Å². The number of carbonyl (C=O) groups is 1. The Hall–Kier alpha value is -2.01. The first-order valence-corrected chi connectivity index (χ1v) is 7.44. The van der Waals surface area contributed by atoms with Gasteiger partial charge in [-0.05, 0) is 49.2 Å². The Morgan fingerprint density at radius 2 is 1.95 bits per heavy atom. The molecule has 0 amide bonds. The van der Waals surface area contributed by atoms with Crippen molar-refractivity contribution in [3.8, 4) is 0 Å². The molecule has 2 rings (SSSR count). The maximum Gasteiger partial charge on any atom is 0.354 e. The zero-order valence-electron chi connectivity index (χ0n) is 11.3. The van der Waals surface area contributed by atoms with Gasteiger partial charge >= 0.3 is 5.97 Å². The molecule has 0 saturated heterocycles. The van der Waals surface area contributed by atoms with Gasteiger partial charge in [-0.1, -0.05) is 12.1 Å². The third kappa shape index (κ3) is 3.30. The molecule has 2 aromatic rings. The maximum absolute atomic E-state index is 12.3. The van der Waals surface area contributed by atoms with Gasteiger partial charge in [0.1, 0.15) is 5.69 Å². The summed E-state index contributed by atoms with van der Waals surface area (Å²) in [6.07, 6.45) is 0. The van der Waals surface area contributed by atoms with E-state index in [2.05, 4.69) is 4.98 Å². The van der Waals surface area contributed by atoms with Gasteiger partial charge in [0.15, 0.2) is 0 Å². The van der Waals surface area contributed by atoms with Gasteiger partial charge in [-0.2, -0.15) is 0 Å². The summed E-state index contributed by atoms with van der Waals surface area (Å²) in [6, 6.07) is 10.4. The van der Waals surface area contributed by atoms with E-state index in [0.29, 0.717) is 5.69 Å². The van der Waals surface area contributed by atoms with Crippen molar-refractivity contribution >= 4 is 16.8 Å². The minimum atomic E-state index is -1.23. The summed E-state index contributed by atoms with van der Waals surface area (Å²) >= 11 is 0. The number of carboxylic acid groups (broad SMARTS) is 1. The highest BCUT2D eigenvalue weighted by Crippen LogP contribution is 2.16. The van der Waals surface area contributed by atoms with Crippen LogP contribution in [0.15, 0.2) is 41.3 Å². The molecule has 20 heavy (non-hydrogen) atoms. The van der Waals surface area contributed by atoms with Crippen LogP contribution in [0.5, 0.6) is 0 Å². The second kappa shape index (κ2) is 5.96. The van der Waals surface area contributed by atoms with Crippen molar-refractivity contribution < 1.29 is 14.1 Å². The Kier molecular flexibility index (Phi) is 4.29. The third-order valence-electron chi connectivity index (χ3n) is 3.05. The fourth-order valence-electron chi connectivity index (χ4n) is 1.75. The van der Waals surface area contributed by atoms with E-state index in [9.17, 15) is 9.00 Å². The largest absolute Gasteiger partial charge is 0.477 e. The first kappa shape index (κ1) is 14.4. The molecule has 0 fully saturated rings. The van der Waals surface area contributed by atoms with Crippen molar-refractivity contribution in [3.63, 3.8) is 0 Å². The molecule has 0 aliphatic carbocycles. The summed E-state index contributed by atoms with van der Waals surface area (Å²) in [5.74, 6) is -0.868. The van der Waals surface area contributed by atoms with E-state index in [4.69, 9.17) is 5.11 Å². The van der Waals surface area contributed by atoms with Crippen LogP contribution in [0, 0.1) is 13.8 Å². The standard InChI is InChI=1S/C15H15NO3S/c1-10-6-7-13(8-11(10)2)20(19)9-12-4-3-5-14(16-12)15(17)18/h3-8H,9H2,1-2H3,(H,17,18). The Morgan fingerprint density at radius 3 is 2.60 bits per heavy atom. The smallest absolute Gasteiger partial charge is 0.354 e. The Bertz CT molecular complexity index is 683. The highest BCUT2D eigenvalue weighted by molar-refractivity contribution is 7.84. The second-order valence-corrected chi connectivity index (χ2v) is 6.01. The van der Waals surface area contributed by atoms with Crippen LogP contribution >= 0.6 is 0 Å². The number of rotatable bonds is 4. The maximum atomic E-state index is 12.3. The van der Waals surface area contributed by atoms with Gasteiger partial charge in [-0.3, -0.25) is 4.21 Å². The number of aromatic nitrogens is 1. The van der Waals surface area contributed by atoms with Gasteiger partial charge in [-0.15, -0.1) is 0 Å². The van der Waals surface area contributed by atoms with Crippen molar-refractivity contribution in [1.82, 2.24) is 4.98 Å². The van der Waals surface area contributed by atoms with Crippen molar-refractivity contribution in [2.24, 2.45) is 0 Å². The van der Waals surface area contributed by atoms with Gasteiger partial charge in [0, 0.05) is 4.90 Å². The summed E-state index contributed by atoms with van der Waals surface area (Å²) in [5.41, 5.74) is 2.72. The second-order valence-electron chi connectivity index (χ2n) is 4.56. The highest BCUT2D eigenvalue weighted by atomic mass is 32.2. The average Bonchev–Trinajstić information content (AvgIpc) is 2.42. The average molecular weight is 289 g/mol. The first-order valence-electron chi connectivity index (χ1n) is 6.12. The Labute approximate surface area is 119 Å². The lowest BCUT2D eigenvalue weighted by Gasteiger charge is -2.06. The molecule has 0 saturated carbocycles. The number of carboxylic acids is 1. The normalized spacial score (nSPS) is 12.1. The van der Waals surface area contributed by atoms with Crippen LogP contribution in [0.3, 0.4) is 0 Å². The summed E-state index contributed by atoms with van der Waals surface area (Å²) < 4.78 is 12.3. The van der Waals surface area contributed by atoms with Gasteiger partial charge in [0.05, 0.1) is 22.2 Å². The number of benzene rings is 1. The quantitative estimate of drug-likeness (QED) is 0.939. The first-order chi connectivity index (χ1) is 9.47. The molecule has 1 N–H and O–H groups in total. The predicted molar refractivity (Wildman–Crippen MR) is 77.2 cm³/mol. The fraction of sp³-hybridized carbons (Fsp3) is 0.200. The monoisotopic (exact) mass is 289 g/mol. The molecule has 1 aromatic heterocycles. The van der Waals surface area contributed by atoms with Crippen LogP contribution in [0.25, 0.3) is 0 Å². The molecule has 0 aliphatic heterocycles. The van der Waals surface area contributed by atoms with E-state index in [-0.39, 0.29) is 11.4 Å². The van der Waals surface area contributed by atoms with E-state index < -0.39 is 16.8 Å². The van der Waals surface area contributed by atoms with Gasteiger partial charge in [-0.25, -0.2) is 9.78 Å². The number of aryl methyl sites for hydroxylation is 2. The Balaban J connectivity index is 2.21. The van der Waals surface area contributed by atoms with E-state index in [1.807, 2.05) is 32.0 Å². The van der Waals surface area contributed by atoms with Crippen molar-refractivity contribution in [2.75, 3.05) is 0 Å². The predicted octanol–water partition coefficient (Wildman–Crippen LogP) is 2.70. The molecule has 1 atom stereocenters.